The van der Waals surface area contributed by atoms with Crippen LogP contribution in [0.15, 0.2) is 4.99 Å². The molecule has 0 spiro atoms. The van der Waals surface area contributed by atoms with Crippen LogP contribution in [0.1, 0.15) is 27.2 Å². The molecule has 0 aromatic heterocycles. The van der Waals surface area contributed by atoms with Gasteiger partial charge in [0.25, 0.3) is 0 Å². The molecule has 1 atom stereocenters. The van der Waals surface area contributed by atoms with Crippen LogP contribution in [0.25, 0.3) is 0 Å². The topological polar surface area (TPSA) is 83.4 Å². The van der Waals surface area contributed by atoms with Gasteiger partial charge in [0, 0.05) is 26.1 Å². The average molecular weight is 299 g/mol. The molecule has 0 saturated carbocycles. The summed E-state index contributed by atoms with van der Waals surface area (Å²) in [7, 11) is 0. The highest BCUT2D eigenvalue weighted by Gasteiger charge is 2.33. The highest BCUT2D eigenvalue weighted by Crippen LogP contribution is 2.17. The molecule has 2 heterocycles. The Hall–Kier alpha value is -1.34. The highest BCUT2D eigenvalue weighted by molar-refractivity contribution is 5.87. The second-order valence-electron chi connectivity index (χ2n) is 6.61. The van der Waals surface area contributed by atoms with E-state index in [1.807, 2.05) is 20.8 Å². The fourth-order valence-electron chi connectivity index (χ4n) is 2.21. The number of amidine groups is 1. The van der Waals surface area contributed by atoms with E-state index in [4.69, 9.17) is 9.47 Å². The van der Waals surface area contributed by atoms with E-state index in [9.17, 15) is 9.90 Å². The van der Waals surface area contributed by atoms with Gasteiger partial charge >= 0.3 is 6.09 Å². The molecule has 7 heteroatoms. The third-order valence-electron chi connectivity index (χ3n) is 3.37. The number of carbonyl (C=O) groups is 1. The van der Waals surface area contributed by atoms with Gasteiger partial charge in [0.15, 0.2) is 0 Å². The molecule has 2 N–H and O–H groups in total. The molecule has 7 nitrogen and oxygen atoms in total. The van der Waals surface area contributed by atoms with Gasteiger partial charge in [0.05, 0.1) is 19.7 Å². The molecule has 120 valence electrons. The van der Waals surface area contributed by atoms with Gasteiger partial charge in [-0.2, -0.15) is 0 Å². The standard InChI is InChI=1S/C14H25N3O4/c1-13(2,3)21-12(18)17-6-5-15-11(8-17)16-9-14(19)4-7-20-10-14/h19H,4-10H2,1-3H3,(H,15,16). The van der Waals surface area contributed by atoms with Crippen LogP contribution in [-0.4, -0.2) is 72.5 Å². The molecule has 2 aliphatic heterocycles. The van der Waals surface area contributed by atoms with Crippen molar-refractivity contribution in [1.82, 2.24) is 10.2 Å². The summed E-state index contributed by atoms with van der Waals surface area (Å²) in [5.74, 6) is 0.701. The maximum absolute atomic E-state index is 12.0. The third-order valence-corrected chi connectivity index (χ3v) is 3.37. The molecule has 1 saturated heterocycles. The molecule has 1 fully saturated rings. The van der Waals surface area contributed by atoms with Crippen molar-refractivity contribution < 1.29 is 19.4 Å². The normalized spacial score (nSPS) is 26.5. The molecule has 0 bridgehead atoms. The lowest BCUT2D eigenvalue weighted by molar-refractivity contribution is 0.0263. The lowest BCUT2D eigenvalue weighted by atomic mass is 10.0. The minimum Gasteiger partial charge on any atom is -0.444 e. The zero-order valence-corrected chi connectivity index (χ0v) is 13.0. The quantitative estimate of drug-likeness (QED) is 0.770. The third kappa shape index (κ3) is 4.86. The van der Waals surface area contributed by atoms with E-state index in [0.717, 1.165) is 0 Å². The van der Waals surface area contributed by atoms with Crippen LogP contribution < -0.4 is 5.32 Å². The monoisotopic (exact) mass is 299 g/mol. The van der Waals surface area contributed by atoms with Crippen molar-refractivity contribution >= 4 is 11.9 Å². The lowest BCUT2D eigenvalue weighted by Crippen LogP contribution is -2.50. The average Bonchev–Trinajstić information content (AvgIpc) is 2.82. The molecule has 0 aromatic rings. The van der Waals surface area contributed by atoms with Crippen LogP contribution >= 0.6 is 0 Å². The number of carbonyl (C=O) groups excluding carboxylic acids is 1. The Balaban J connectivity index is 1.83. The molecular weight excluding hydrogens is 274 g/mol. The zero-order chi connectivity index (χ0) is 15.5. The van der Waals surface area contributed by atoms with E-state index in [1.165, 1.54) is 0 Å². The maximum Gasteiger partial charge on any atom is 0.410 e. The molecule has 1 amide bonds. The lowest BCUT2D eigenvalue weighted by Gasteiger charge is -2.31. The fraction of sp³-hybridized carbons (Fsp3) is 0.857. The number of ether oxygens (including phenoxy) is 2. The van der Waals surface area contributed by atoms with E-state index in [0.29, 0.717) is 51.6 Å². The van der Waals surface area contributed by atoms with E-state index in [2.05, 4.69) is 10.3 Å². The molecule has 0 radical (unpaired) electrons. The van der Waals surface area contributed by atoms with Crippen LogP contribution in [0.5, 0.6) is 0 Å². The smallest absolute Gasteiger partial charge is 0.410 e. The number of hydrogen-bond donors (Lipinski definition) is 2. The highest BCUT2D eigenvalue weighted by atomic mass is 16.6. The number of amides is 1. The number of nitrogens with zero attached hydrogens (tertiary/aromatic N) is 2. The predicted octanol–water partition coefficient (Wildman–Crippen LogP) is 0.377. The van der Waals surface area contributed by atoms with Crippen molar-refractivity contribution in [3.8, 4) is 0 Å². The van der Waals surface area contributed by atoms with Crippen LogP contribution in [0.3, 0.4) is 0 Å². The predicted molar refractivity (Wildman–Crippen MR) is 78.5 cm³/mol. The summed E-state index contributed by atoms with van der Waals surface area (Å²) >= 11 is 0. The van der Waals surface area contributed by atoms with Crippen molar-refractivity contribution in [3.05, 3.63) is 0 Å². The molecule has 21 heavy (non-hydrogen) atoms. The Bertz CT molecular complexity index is 411. The van der Waals surface area contributed by atoms with Gasteiger partial charge in [-0.15, -0.1) is 0 Å². The Morgan fingerprint density at radius 1 is 1.57 bits per heavy atom. The molecule has 0 aliphatic carbocycles. The first-order valence-electron chi connectivity index (χ1n) is 7.33. The largest absolute Gasteiger partial charge is 0.444 e. The summed E-state index contributed by atoms with van der Waals surface area (Å²) in [5.41, 5.74) is -1.34. The minimum absolute atomic E-state index is 0.334. The molecule has 2 rings (SSSR count). The van der Waals surface area contributed by atoms with Crippen LogP contribution in [-0.2, 0) is 9.47 Å². The first-order chi connectivity index (χ1) is 9.77. The van der Waals surface area contributed by atoms with Crippen molar-refractivity contribution in [2.24, 2.45) is 4.99 Å². The van der Waals surface area contributed by atoms with Crippen molar-refractivity contribution in [1.29, 1.82) is 0 Å². The van der Waals surface area contributed by atoms with Gasteiger partial charge in [-0.3, -0.25) is 9.89 Å². The van der Waals surface area contributed by atoms with E-state index in [-0.39, 0.29) is 6.09 Å². The van der Waals surface area contributed by atoms with Gasteiger partial charge in [0.1, 0.15) is 17.0 Å². The molecular formula is C14H25N3O4. The zero-order valence-electron chi connectivity index (χ0n) is 13.0. The number of aliphatic imine (C=N–C) groups is 1. The van der Waals surface area contributed by atoms with Gasteiger partial charge in [-0.25, -0.2) is 4.79 Å². The Kier molecular flexibility index (Phi) is 4.73. The summed E-state index contributed by atoms with van der Waals surface area (Å²) in [6, 6.07) is 0. The number of hydrogen-bond acceptors (Lipinski definition) is 6. The SMILES string of the molecule is CC(C)(C)OC(=O)N1CCN=C(NCC2(O)CCOC2)C1. The van der Waals surface area contributed by atoms with Gasteiger partial charge in [-0.05, 0) is 20.8 Å². The summed E-state index contributed by atoms with van der Waals surface area (Å²) < 4.78 is 10.6. The van der Waals surface area contributed by atoms with Crippen molar-refractivity contribution in [3.63, 3.8) is 0 Å². The number of rotatable bonds is 2. The number of aliphatic hydroxyl groups is 1. The second kappa shape index (κ2) is 6.19. The maximum atomic E-state index is 12.0. The van der Waals surface area contributed by atoms with Crippen LogP contribution in [0, 0.1) is 0 Å². The van der Waals surface area contributed by atoms with E-state index >= 15 is 0 Å². The summed E-state index contributed by atoms with van der Waals surface area (Å²) in [4.78, 5) is 18.0. The summed E-state index contributed by atoms with van der Waals surface area (Å²) in [6.07, 6.45) is 0.280. The van der Waals surface area contributed by atoms with E-state index in [1.54, 1.807) is 4.90 Å². The number of nitrogens with one attached hydrogen (secondary N) is 1. The van der Waals surface area contributed by atoms with Gasteiger partial charge in [0.2, 0.25) is 0 Å². The molecule has 2 aliphatic rings. The van der Waals surface area contributed by atoms with Crippen LogP contribution in [0.2, 0.25) is 0 Å². The first-order valence-corrected chi connectivity index (χ1v) is 7.33. The summed E-state index contributed by atoms with van der Waals surface area (Å²) in [6.45, 7) is 8.30. The Morgan fingerprint density at radius 3 is 2.95 bits per heavy atom. The summed E-state index contributed by atoms with van der Waals surface area (Å²) in [5, 5.41) is 13.3. The molecule has 0 aromatic carbocycles. The van der Waals surface area contributed by atoms with E-state index < -0.39 is 11.2 Å². The second-order valence-corrected chi connectivity index (χ2v) is 6.61. The van der Waals surface area contributed by atoms with Crippen LogP contribution in [0.4, 0.5) is 4.79 Å². The minimum atomic E-state index is -0.837. The Labute approximate surface area is 125 Å². The Morgan fingerprint density at radius 2 is 2.33 bits per heavy atom. The first kappa shape index (κ1) is 16.0. The van der Waals surface area contributed by atoms with Gasteiger partial charge in [-0.1, -0.05) is 0 Å². The van der Waals surface area contributed by atoms with Crippen molar-refractivity contribution in [2.45, 2.75) is 38.4 Å². The van der Waals surface area contributed by atoms with Crippen molar-refractivity contribution in [2.75, 3.05) is 39.4 Å². The van der Waals surface area contributed by atoms with Gasteiger partial charge < -0.3 is 19.9 Å². The fourth-order valence-corrected chi connectivity index (χ4v) is 2.21. The molecule has 1 unspecified atom stereocenters.